The van der Waals surface area contributed by atoms with Gasteiger partial charge in [0.2, 0.25) is 0 Å². The number of methoxy groups -OCH3 is 2. The summed E-state index contributed by atoms with van der Waals surface area (Å²) in [5.41, 5.74) is 2.15. The smallest absolute Gasteiger partial charge is 0.343 e. The lowest BCUT2D eigenvalue weighted by atomic mass is 10.0. The Morgan fingerprint density at radius 1 is 0.789 bits per heavy atom. The average Bonchev–Trinajstić information content (AvgIpc) is 2.92. The summed E-state index contributed by atoms with van der Waals surface area (Å²) in [6.07, 6.45) is 1.49. The minimum absolute atomic E-state index is 0.152. The van der Waals surface area contributed by atoms with E-state index in [9.17, 15) is 14.4 Å². The molecule has 1 saturated heterocycles. The fourth-order valence-corrected chi connectivity index (χ4v) is 5.30. The van der Waals surface area contributed by atoms with Gasteiger partial charge in [-0.2, -0.15) is 0 Å². The number of fused-ring (bicyclic) bond motifs is 1. The van der Waals surface area contributed by atoms with Gasteiger partial charge in [-0.05, 0) is 76.9 Å². The van der Waals surface area contributed by atoms with Crippen LogP contribution in [0.2, 0.25) is 0 Å². The molecule has 1 aliphatic heterocycles. The zero-order valence-corrected chi connectivity index (χ0v) is 23.1. The Morgan fingerprint density at radius 3 is 2.18 bits per heavy atom. The molecule has 0 bridgehead atoms. The Kier molecular flexibility index (Phi) is 6.90. The molecule has 0 radical (unpaired) electrons. The van der Waals surface area contributed by atoms with Gasteiger partial charge in [-0.3, -0.25) is 9.59 Å². The molecule has 190 valence electrons. The number of imide groups is 2. The van der Waals surface area contributed by atoms with Crippen molar-refractivity contribution < 1.29 is 23.9 Å². The van der Waals surface area contributed by atoms with Crippen LogP contribution in [0.1, 0.15) is 11.1 Å². The lowest BCUT2D eigenvalue weighted by Gasteiger charge is -2.34. The maximum absolute atomic E-state index is 13.9. The summed E-state index contributed by atoms with van der Waals surface area (Å²) in [6, 6.07) is 22.6. The van der Waals surface area contributed by atoms with Crippen molar-refractivity contribution >= 4 is 68.7 Å². The Labute approximate surface area is 233 Å². The molecule has 1 heterocycles. The second-order valence-corrected chi connectivity index (χ2v) is 9.86. The molecule has 7 nitrogen and oxygen atoms in total. The normalized spacial score (nSPS) is 14.9. The van der Waals surface area contributed by atoms with Gasteiger partial charge in [-0.25, -0.2) is 14.6 Å². The third kappa shape index (κ3) is 4.41. The molecule has 5 rings (SSSR count). The van der Waals surface area contributed by atoms with E-state index in [2.05, 4.69) is 22.6 Å². The third-order valence-electron chi connectivity index (χ3n) is 6.32. The fraction of sp³-hybridized carbons (Fsp3) is 0.100. The highest BCUT2D eigenvalue weighted by Crippen LogP contribution is 2.37. The quantitative estimate of drug-likeness (QED) is 0.148. The molecule has 0 saturated carbocycles. The van der Waals surface area contributed by atoms with Crippen LogP contribution in [0.4, 0.5) is 16.2 Å². The number of hydrogen-bond acceptors (Lipinski definition) is 5. The highest BCUT2D eigenvalue weighted by molar-refractivity contribution is 14.1. The second kappa shape index (κ2) is 10.3. The van der Waals surface area contributed by atoms with Gasteiger partial charge < -0.3 is 9.47 Å². The van der Waals surface area contributed by atoms with Gasteiger partial charge in [0, 0.05) is 5.39 Å². The Balaban J connectivity index is 1.72. The first-order valence-corrected chi connectivity index (χ1v) is 12.8. The summed E-state index contributed by atoms with van der Waals surface area (Å²) in [5.74, 6) is -0.403. The molecule has 0 unspecified atom stereocenters. The number of carbonyl (C=O) groups is 3. The van der Waals surface area contributed by atoms with E-state index in [1.807, 2.05) is 49.4 Å². The predicted molar refractivity (Wildman–Crippen MR) is 156 cm³/mol. The molecule has 0 aromatic heterocycles. The van der Waals surface area contributed by atoms with Gasteiger partial charge >= 0.3 is 6.03 Å². The van der Waals surface area contributed by atoms with Crippen molar-refractivity contribution in [3.8, 4) is 11.5 Å². The number of ether oxygens (including phenoxy) is 2. The number of nitrogens with zero attached hydrogens (tertiary/aromatic N) is 2. The molecule has 4 aromatic rings. The van der Waals surface area contributed by atoms with Crippen molar-refractivity contribution in [3.05, 3.63) is 99.1 Å². The zero-order valence-electron chi connectivity index (χ0n) is 20.9. The number of anilines is 2. The fourth-order valence-electron chi connectivity index (χ4n) is 4.45. The average molecular weight is 618 g/mol. The lowest BCUT2D eigenvalue weighted by Crippen LogP contribution is -2.57. The molecule has 0 aliphatic carbocycles. The summed E-state index contributed by atoms with van der Waals surface area (Å²) in [4.78, 5) is 43.7. The number of hydrogen-bond donors (Lipinski definition) is 0. The van der Waals surface area contributed by atoms with Crippen LogP contribution in [0.5, 0.6) is 11.5 Å². The van der Waals surface area contributed by atoms with Crippen LogP contribution in [0.3, 0.4) is 0 Å². The van der Waals surface area contributed by atoms with E-state index >= 15 is 0 Å². The van der Waals surface area contributed by atoms with Gasteiger partial charge in [0.15, 0.2) is 11.5 Å². The van der Waals surface area contributed by atoms with Crippen LogP contribution >= 0.6 is 22.6 Å². The SMILES string of the molecule is COc1cc(/C=C2\C(=O)N(c3ccc(C)cc3)C(=O)N(c3cccc4ccccc34)C2=O)cc(I)c1OC. The molecule has 1 aliphatic rings. The molecule has 4 amide bonds. The summed E-state index contributed by atoms with van der Waals surface area (Å²) in [7, 11) is 3.06. The molecule has 4 aromatic carbocycles. The number of urea groups is 1. The van der Waals surface area contributed by atoms with Crippen molar-refractivity contribution in [2.45, 2.75) is 6.92 Å². The van der Waals surface area contributed by atoms with Gasteiger partial charge in [0.05, 0.1) is 29.2 Å². The summed E-state index contributed by atoms with van der Waals surface area (Å²) >= 11 is 2.10. The minimum Gasteiger partial charge on any atom is -0.493 e. The Hall–Kier alpha value is -4.18. The van der Waals surface area contributed by atoms with Gasteiger partial charge in [-0.15, -0.1) is 0 Å². The Bertz CT molecular complexity index is 1620. The van der Waals surface area contributed by atoms with Gasteiger partial charge in [0.25, 0.3) is 11.8 Å². The van der Waals surface area contributed by atoms with Gasteiger partial charge in [-0.1, -0.05) is 54.1 Å². The maximum Gasteiger partial charge on any atom is 0.343 e. The molecule has 38 heavy (non-hydrogen) atoms. The molecule has 0 N–H and O–H groups in total. The summed E-state index contributed by atoms with van der Waals surface area (Å²) in [5, 5.41) is 1.58. The third-order valence-corrected chi connectivity index (χ3v) is 7.12. The number of aryl methyl sites for hydroxylation is 1. The zero-order chi connectivity index (χ0) is 27.0. The number of benzene rings is 4. The van der Waals surface area contributed by atoms with E-state index in [0.29, 0.717) is 28.4 Å². The van der Waals surface area contributed by atoms with Crippen LogP contribution in [-0.4, -0.2) is 32.1 Å². The molecule has 8 heteroatoms. The topological polar surface area (TPSA) is 76.2 Å². The molecule has 0 spiro atoms. The number of amides is 4. The van der Waals surface area contributed by atoms with Crippen molar-refractivity contribution in [3.63, 3.8) is 0 Å². The number of rotatable bonds is 5. The second-order valence-electron chi connectivity index (χ2n) is 8.69. The number of carbonyl (C=O) groups excluding carboxylic acids is 3. The van der Waals surface area contributed by atoms with Crippen LogP contribution in [0, 0.1) is 10.5 Å². The van der Waals surface area contributed by atoms with E-state index in [0.717, 1.165) is 29.7 Å². The monoisotopic (exact) mass is 618 g/mol. The maximum atomic E-state index is 13.9. The van der Waals surface area contributed by atoms with E-state index in [4.69, 9.17) is 9.47 Å². The minimum atomic E-state index is -0.737. The van der Waals surface area contributed by atoms with Crippen molar-refractivity contribution in [1.82, 2.24) is 0 Å². The van der Waals surface area contributed by atoms with Crippen molar-refractivity contribution in [2.24, 2.45) is 0 Å². The highest BCUT2D eigenvalue weighted by Gasteiger charge is 2.44. The number of halogens is 1. The highest BCUT2D eigenvalue weighted by atomic mass is 127. The van der Waals surface area contributed by atoms with Crippen molar-refractivity contribution in [1.29, 1.82) is 0 Å². The van der Waals surface area contributed by atoms with Gasteiger partial charge in [0.1, 0.15) is 5.57 Å². The van der Waals surface area contributed by atoms with E-state index < -0.39 is 17.8 Å². The van der Waals surface area contributed by atoms with Crippen LogP contribution < -0.4 is 19.3 Å². The molecular weight excluding hydrogens is 595 g/mol. The van der Waals surface area contributed by atoms with Crippen molar-refractivity contribution in [2.75, 3.05) is 24.0 Å². The first-order valence-electron chi connectivity index (χ1n) is 11.7. The van der Waals surface area contributed by atoms with Crippen LogP contribution in [-0.2, 0) is 9.59 Å². The summed E-state index contributed by atoms with van der Waals surface area (Å²) < 4.78 is 11.6. The summed E-state index contributed by atoms with van der Waals surface area (Å²) in [6.45, 7) is 1.92. The Morgan fingerprint density at radius 2 is 1.47 bits per heavy atom. The lowest BCUT2D eigenvalue weighted by molar-refractivity contribution is -0.121. The van der Waals surface area contributed by atoms with E-state index in [1.165, 1.54) is 13.2 Å². The predicted octanol–water partition coefficient (Wildman–Crippen LogP) is 6.35. The number of barbiturate groups is 1. The standard InChI is InChI=1S/C30H23IN2O5/c1-18-11-13-21(14-12-18)32-28(34)23(15-19-16-24(31)27(38-3)26(17-19)37-2)29(35)33(30(32)36)25-10-6-8-20-7-4-5-9-22(20)25/h4-17H,1-3H3/b23-15+. The molecule has 1 fully saturated rings. The molecule has 0 atom stereocenters. The van der Waals surface area contributed by atoms with E-state index in [-0.39, 0.29) is 5.57 Å². The largest absolute Gasteiger partial charge is 0.493 e. The first kappa shape index (κ1) is 25.5. The van der Waals surface area contributed by atoms with E-state index in [1.54, 1.807) is 43.5 Å². The van der Waals surface area contributed by atoms with Crippen LogP contribution in [0.15, 0.2) is 84.4 Å². The first-order chi connectivity index (χ1) is 18.3. The molecular formula is C30H23IN2O5. The van der Waals surface area contributed by atoms with Crippen LogP contribution in [0.25, 0.3) is 16.8 Å².